The molecule has 0 aromatic rings. The molecule has 0 atom stereocenters. The van der Waals surface area contributed by atoms with Gasteiger partial charge in [0, 0.05) is 6.42 Å². The summed E-state index contributed by atoms with van der Waals surface area (Å²) < 4.78 is 0. The van der Waals surface area contributed by atoms with Crippen molar-refractivity contribution >= 4 is 6.29 Å². The largest absolute Gasteiger partial charge is 0.303 e. The Morgan fingerprint density at radius 2 is 0.552 bits per heavy atom. The smallest absolute Gasteiger partial charge is 0.119 e. The molecule has 0 saturated carbocycles. The maximum absolute atomic E-state index is 10.2. The summed E-state index contributed by atoms with van der Waals surface area (Å²) in [6.07, 6.45) is 37.5. The van der Waals surface area contributed by atoms with Gasteiger partial charge in [-0.15, -0.1) is 0 Å². The van der Waals surface area contributed by atoms with E-state index in [1.54, 1.807) is 0 Å². The van der Waals surface area contributed by atoms with E-state index in [1.807, 2.05) is 0 Å². The second-order valence-corrected chi connectivity index (χ2v) is 9.44. The minimum Gasteiger partial charge on any atom is -0.303 e. The highest BCUT2D eigenvalue weighted by molar-refractivity contribution is 5.48. The number of hydrogen-bond acceptors (Lipinski definition) is 1. The first kappa shape index (κ1) is 28.7. The molecule has 0 N–H and O–H groups in total. The third kappa shape index (κ3) is 27.7. The molecule has 0 fully saturated rings. The standard InChI is InChI=1S/C28H56O/c1-2-3-4-5-6-7-8-9-10-11-12-13-14-15-16-17-18-19-20-21-22-23-24-25-26-27-28-29/h28H,2-27H2,1H3. The van der Waals surface area contributed by atoms with Crippen LogP contribution in [-0.2, 0) is 4.79 Å². The number of hydrogen-bond donors (Lipinski definition) is 0. The van der Waals surface area contributed by atoms with E-state index in [0.29, 0.717) is 0 Å². The normalized spacial score (nSPS) is 11.2. The summed E-state index contributed by atoms with van der Waals surface area (Å²) >= 11 is 0. The molecular formula is C28H56O. The van der Waals surface area contributed by atoms with Gasteiger partial charge in [0.2, 0.25) is 0 Å². The predicted molar refractivity (Wildman–Crippen MR) is 132 cm³/mol. The van der Waals surface area contributed by atoms with Crippen LogP contribution in [0.2, 0.25) is 0 Å². The van der Waals surface area contributed by atoms with Crippen LogP contribution in [0.5, 0.6) is 0 Å². The zero-order valence-corrected chi connectivity index (χ0v) is 20.4. The van der Waals surface area contributed by atoms with Crippen LogP contribution >= 0.6 is 0 Å². The first-order valence-electron chi connectivity index (χ1n) is 13.9. The molecule has 1 nitrogen and oxygen atoms in total. The SMILES string of the molecule is CCCCCCCCCCCCCCCCCCCCCCCCCCCC=O. The van der Waals surface area contributed by atoms with E-state index in [2.05, 4.69) is 6.92 Å². The average molecular weight is 409 g/mol. The predicted octanol–water partition coefficient (Wildman–Crippen LogP) is 10.3. The lowest BCUT2D eigenvalue weighted by molar-refractivity contribution is -0.107. The lowest BCUT2D eigenvalue weighted by atomic mass is 10.0. The third-order valence-corrected chi connectivity index (χ3v) is 6.43. The molecule has 0 radical (unpaired) electrons. The Hall–Kier alpha value is -0.330. The fraction of sp³-hybridized carbons (Fsp3) is 0.964. The molecule has 0 aliphatic carbocycles. The molecule has 0 saturated heterocycles. The molecule has 0 unspecified atom stereocenters. The molecule has 0 heterocycles. The Morgan fingerprint density at radius 1 is 0.345 bits per heavy atom. The second kappa shape index (κ2) is 27.7. The summed E-state index contributed by atoms with van der Waals surface area (Å²) in [4.78, 5) is 10.2. The lowest BCUT2D eigenvalue weighted by Crippen LogP contribution is -1.84. The second-order valence-electron chi connectivity index (χ2n) is 9.44. The summed E-state index contributed by atoms with van der Waals surface area (Å²) in [7, 11) is 0. The van der Waals surface area contributed by atoms with Crippen LogP contribution in [0.4, 0.5) is 0 Å². The van der Waals surface area contributed by atoms with E-state index in [-0.39, 0.29) is 0 Å². The number of aldehydes is 1. The lowest BCUT2D eigenvalue weighted by Gasteiger charge is -2.04. The van der Waals surface area contributed by atoms with E-state index in [9.17, 15) is 4.79 Å². The average Bonchev–Trinajstić information content (AvgIpc) is 2.74. The van der Waals surface area contributed by atoms with Gasteiger partial charge in [0.25, 0.3) is 0 Å². The summed E-state index contributed by atoms with van der Waals surface area (Å²) in [5, 5.41) is 0. The van der Waals surface area contributed by atoms with Crippen LogP contribution < -0.4 is 0 Å². The quantitative estimate of drug-likeness (QED) is 0.103. The van der Waals surface area contributed by atoms with Crippen molar-refractivity contribution in [2.24, 2.45) is 0 Å². The number of carbonyl (C=O) groups excluding carboxylic acids is 1. The van der Waals surface area contributed by atoms with Gasteiger partial charge in [-0.2, -0.15) is 0 Å². The molecule has 0 aliphatic rings. The minimum atomic E-state index is 0.763. The summed E-state index contributed by atoms with van der Waals surface area (Å²) in [5.41, 5.74) is 0. The highest BCUT2D eigenvalue weighted by atomic mass is 16.1. The molecule has 0 aromatic carbocycles. The molecule has 0 amide bonds. The summed E-state index contributed by atoms with van der Waals surface area (Å²) in [6, 6.07) is 0. The Balaban J connectivity index is 2.97. The topological polar surface area (TPSA) is 17.1 Å². The van der Waals surface area contributed by atoms with Gasteiger partial charge in [-0.1, -0.05) is 161 Å². The number of rotatable bonds is 26. The minimum absolute atomic E-state index is 0.763. The molecule has 0 bridgehead atoms. The fourth-order valence-electron chi connectivity index (χ4n) is 4.37. The Morgan fingerprint density at radius 3 is 0.759 bits per heavy atom. The zero-order valence-electron chi connectivity index (χ0n) is 20.4. The van der Waals surface area contributed by atoms with E-state index in [0.717, 1.165) is 19.1 Å². The first-order chi connectivity index (χ1) is 14.4. The van der Waals surface area contributed by atoms with Gasteiger partial charge in [-0.25, -0.2) is 0 Å². The zero-order chi connectivity index (χ0) is 21.1. The van der Waals surface area contributed by atoms with Gasteiger partial charge in [0.05, 0.1) is 0 Å². The van der Waals surface area contributed by atoms with Gasteiger partial charge >= 0.3 is 0 Å². The van der Waals surface area contributed by atoms with Crippen molar-refractivity contribution in [1.29, 1.82) is 0 Å². The van der Waals surface area contributed by atoms with Crippen LogP contribution in [0.3, 0.4) is 0 Å². The van der Waals surface area contributed by atoms with E-state index >= 15 is 0 Å². The van der Waals surface area contributed by atoms with Crippen molar-refractivity contribution in [3.8, 4) is 0 Å². The summed E-state index contributed by atoms with van der Waals surface area (Å²) in [5.74, 6) is 0. The van der Waals surface area contributed by atoms with Crippen molar-refractivity contribution in [2.45, 2.75) is 174 Å². The molecule has 174 valence electrons. The molecule has 0 spiro atoms. The van der Waals surface area contributed by atoms with Crippen LogP contribution in [0.25, 0.3) is 0 Å². The van der Waals surface area contributed by atoms with Gasteiger partial charge < -0.3 is 4.79 Å². The molecule has 0 rings (SSSR count). The van der Waals surface area contributed by atoms with E-state index < -0.39 is 0 Å². The number of unbranched alkanes of at least 4 members (excludes halogenated alkanes) is 25. The number of carbonyl (C=O) groups is 1. The van der Waals surface area contributed by atoms with Crippen molar-refractivity contribution in [3.05, 3.63) is 0 Å². The fourth-order valence-corrected chi connectivity index (χ4v) is 4.37. The van der Waals surface area contributed by atoms with Gasteiger partial charge in [-0.05, 0) is 6.42 Å². The van der Waals surface area contributed by atoms with E-state index in [4.69, 9.17) is 0 Å². The van der Waals surface area contributed by atoms with Crippen molar-refractivity contribution in [1.82, 2.24) is 0 Å². The highest BCUT2D eigenvalue weighted by Gasteiger charge is 1.96. The van der Waals surface area contributed by atoms with Crippen LogP contribution in [-0.4, -0.2) is 6.29 Å². The van der Waals surface area contributed by atoms with Crippen LogP contribution in [0, 0.1) is 0 Å². The van der Waals surface area contributed by atoms with E-state index in [1.165, 1.54) is 154 Å². The molecule has 0 aliphatic heterocycles. The maximum Gasteiger partial charge on any atom is 0.119 e. The Kier molecular flexibility index (Phi) is 27.4. The van der Waals surface area contributed by atoms with Crippen molar-refractivity contribution < 1.29 is 4.79 Å². The van der Waals surface area contributed by atoms with Crippen LogP contribution in [0.15, 0.2) is 0 Å². The van der Waals surface area contributed by atoms with Gasteiger partial charge in [0.1, 0.15) is 6.29 Å². The molecule has 29 heavy (non-hydrogen) atoms. The van der Waals surface area contributed by atoms with Crippen molar-refractivity contribution in [2.75, 3.05) is 0 Å². The van der Waals surface area contributed by atoms with Gasteiger partial charge in [-0.3, -0.25) is 0 Å². The Labute approximate surface area is 185 Å². The molecule has 0 aromatic heterocycles. The Bertz CT molecular complexity index is 286. The van der Waals surface area contributed by atoms with Crippen LogP contribution in [0.1, 0.15) is 174 Å². The van der Waals surface area contributed by atoms with Gasteiger partial charge in [0.15, 0.2) is 0 Å². The monoisotopic (exact) mass is 408 g/mol. The summed E-state index contributed by atoms with van der Waals surface area (Å²) in [6.45, 7) is 2.30. The first-order valence-corrected chi connectivity index (χ1v) is 13.9. The maximum atomic E-state index is 10.2. The van der Waals surface area contributed by atoms with Crippen molar-refractivity contribution in [3.63, 3.8) is 0 Å². The highest BCUT2D eigenvalue weighted by Crippen LogP contribution is 2.15. The molecule has 1 heteroatoms. The third-order valence-electron chi connectivity index (χ3n) is 6.43. The molecular weight excluding hydrogens is 352 g/mol.